The highest BCUT2D eigenvalue weighted by Gasteiger charge is 2.20. The Kier molecular flexibility index (Phi) is 4.54. The van der Waals surface area contributed by atoms with Crippen LogP contribution < -0.4 is 15.4 Å². The molecule has 0 radical (unpaired) electrons. The maximum Gasteiger partial charge on any atom is 0.387 e. The molecule has 1 aromatic carbocycles. The third kappa shape index (κ3) is 4.08. The summed E-state index contributed by atoms with van der Waals surface area (Å²) in [7, 11) is 0. The summed E-state index contributed by atoms with van der Waals surface area (Å²) in [6.07, 6.45) is 2.72. The fourth-order valence-corrected chi connectivity index (χ4v) is 2.01. The molecule has 0 spiro atoms. The summed E-state index contributed by atoms with van der Waals surface area (Å²) in [6.45, 7) is -2.12. The minimum Gasteiger partial charge on any atom is -0.435 e. The molecule has 2 N–H and O–H groups in total. The Balaban J connectivity index is 1.96. The molecule has 0 aromatic heterocycles. The Morgan fingerprint density at radius 2 is 2.00 bits per heavy atom. The van der Waals surface area contributed by atoms with E-state index in [0.717, 1.165) is 19.3 Å². The molecule has 1 unspecified atom stereocenters. The third-order valence-corrected chi connectivity index (χ3v) is 2.96. The number of alkyl halides is 2. The van der Waals surface area contributed by atoms with E-state index in [0.29, 0.717) is 12.2 Å². The van der Waals surface area contributed by atoms with Crippen LogP contribution in [0.1, 0.15) is 19.3 Å². The minimum atomic E-state index is -2.83. The van der Waals surface area contributed by atoms with Gasteiger partial charge >= 0.3 is 6.61 Å². The summed E-state index contributed by atoms with van der Waals surface area (Å²) in [5.74, 6) is 0.0799. The van der Waals surface area contributed by atoms with Gasteiger partial charge in [-0.25, -0.2) is 0 Å². The molecule has 4 nitrogen and oxygen atoms in total. The lowest BCUT2D eigenvalue weighted by atomic mass is 10.1. The predicted octanol–water partition coefficient (Wildman–Crippen LogP) is 2.37. The number of hydrogen-bond acceptors (Lipinski definition) is 3. The normalized spacial score (nSPS) is 19.7. The number of carbonyl (C=O) groups is 1. The number of carbonyl (C=O) groups excluding carboxylic acids is 1. The Bertz CT molecular complexity index is 423. The van der Waals surface area contributed by atoms with Gasteiger partial charge in [-0.3, -0.25) is 4.79 Å². The zero-order valence-corrected chi connectivity index (χ0v) is 10.4. The first-order chi connectivity index (χ1) is 9.15. The van der Waals surface area contributed by atoms with E-state index in [1.165, 1.54) is 12.1 Å². The molecule has 0 saturated carbocycles. The van der Waals surface area contributed by atoms with Gasteiger partial charge in [-0.2, -0.15) is 8.78 Å². The molecule has 1 aliphatic heterocycles. The summed E-state index contributed by atoms with van der Waals surface area (Å²) >= 11 is 0. The smallest absolute Gasteiger partial charge is 0.387 e. The molecule has 0 aliphatic carbocycles. The molecular formula is C13H16F2N2O2. The third-order valence-electron chi connectivity index (χ3n) is 2.96. The molecule has 1 aliphatic rings. The van der Waals surface area contributed by atoms with Gasteiger partial charge in [0.25, 0.3) is 0 Å². The zero-order valence-electron chi connectivity index (χ0n) is 10.4. The van der Waals surface area contributed by atoms with Gasteiger partial charge in [-0.15, -0.1) is 0 Å². The van der Waals surface area contributed by atoms with Crippen LogP contribution in [0.3, 0.4) is 0 Å². The lowest BCUT2D eigenvalue weighted by Crippen LogP contribution is -2.37. The molecule has 1 fully saturated rings. The second kappa shape index (κ2) is 6.36. The van der Waals surface area contributed by atoms with Crippen molar-refractivity contribution in [2.75, 3.05) is 11.9 Å². The first kappa shape index (κ1) is 13.6. The topological polar surface area (TPSA) is 50.4 Å². The van der Waals surface area contributed by atoms with Gasteiger partial charge in [0.15, 0.2) is 0 Å². The quantitative estimate of drug-likeness (QED) is 0.883. The predicted molar refractivity (Wildman–Crippen MR) is 67.3 cm³/mol. The maximum absolute atomic E-state index is 12.0. The first-order valence-electron chi connectivity index (χ1n) is 6.24. The van der Waals surface area contributed by atoms with Gasteiger partial charge in [0.05, 0.1) is 0 Å². The molecule has 1 saturated heterocycles. The van der Waals surface area contributed by atoms with Crippen LogP contribution in [0.25, 0.3) is 0 Å². The number of halogens is 2. The number of amides is 1. The number of hydrogen-bond donors (Lipinski definition) is 2. The van der Waals surface area contributed by atoms with Gasteiger partial charge in [0.1, 0.15) is 11.8 Å². The van der Waals surface area contributed by atoms with Crippen LogP contribution in [-0.4, -0.2) is 25.1 Å². The van der Waals surface area contributed by atoms with E-state index in [2.05, 4.69) is 15.4 Å². The lowest BCUT2D eigenvalue weighted by Gasteiger charge is -2.16. The monoisotopic (exact) mass is 270 g/mol. The molecule has 0 bridgehead atoms. The molecular weight excluding hydrogens is 254 g/mol. The van der Waals surface area contributed by atoms with E-state index < -0.39 is 6.61 Å². The van der Waals surface area contributed by atoms with Crippen LogP contribution in [0, 0.1) is 0 Å². The van der Waals surface area contributed by atoms with Gasteiger partial charge in [-0.1, -0.05) is 0 Å². The maximum atomic E-state index is 12.0. The molecule has 1 aromatic rings. The minimum absolute atomic E-state index is 0.0228. The Morgan fingerprint density at radius 3 is 2.68 bits per heavy atom. The van der Waals surface area contributed by atoms with Crippen LogP contribution in [0.15, 0.2) is 24.3 Å². The van der Waals surface area contributed by atoms with Gasteiger partial charge in [-0.05, 0) is 43.5 Å². The van der Waals surface area contributed by atoms with Crippen LogP contribution >= 0.6 is 0 Å². The van der Waals surface area contributed by atoms with Crippen molar-refractivity contribution in [1.82, 2.24) is 5.32 Å². The molecule has 2 rings (SSSR count). The van der Waals surface area contributed by atoms with Crippen molar-refractivity contribution in [1.29, 1.82) is 0 Å². The van der Waals surface area contributed by atoms with E-state index >= 15 is 0 Å². The number of ether oxygens (including phenoxy) is 1. The molecule has 104 valence electrons. The summed E-state index contributed by atoms with van der Waals surface area (Å²) in [5, 5.41) is 5.92. The number of anilines is 1. The van der Waals surface area contributed by atoms with Crippen molar-refractivity contribution in [3.63, 3.8) is 0 Å². The van der Waals surface area contributed by atoms with Crippen molar-refractivity contribution in [3.05, 3.63) is 24.3 Å². The van der Waals surface area contributed by atoms with Crippen molar-refractivity contribution in [3.8, 4) is 5.75 Å². The van der Waals surface area contributed by atoms with Crippen molar-refractivity contribution in [2.24, 2.45) is 0 Å². The van der Waals surface area contributed by atoms with Crippen molar-refractivity contribution >= 4 is 11.6 Å². The summed E-state index contributed by atoms with van der Waals surface area (Å²) in [5.41, 5.74) is 0.712. The zero-order chi connectivity index (χ0) is 13.7. The number of benzene rings is 1. The van der Waals surface area contributed by atoms with Crippen LogP contribution in [0.5, 0.6) is 5.75 Å². The fraction of sp³-hybridized carbons (Fsp3) is 0.462. The van der Waals surface area contributed by atoms with E-state index in [1.54, 1.807) is 12.1 Å². The van der Waals surface area contributed by atoms with Crippen LogP contribution in [0.2, 0.25) is 0 Å². The largest absolute Gasteiger partial charge is 0.435 e. The summed E-state index contributed by atoms with van der Waals surface area (Å²) in [6, 6.07) is 5.86. The fourth-order valence-electron chi connectivity index (χ4n) is 2.01. The Morgan fingerprint density at radius 1 is 1.26 bits per heavy atom. The molecule has 1 heterocycles. The molecule has 1 amide bonds. The summed E-state index contributed by atoms with van der Waals surface area (Å²) in [4.78, 5) is 11.7. The number of nitrogens with one attached hydrogen (secondary N) is 2. The standard InChI is InChI=1S/C13H16F2N2O2/c14-13(15)19-10-6-4-9(5-7-10)17-11-3-1-2-8-16-12(11)18/h4-7,11,13,17H,1-3,8H2,(H,16,18). The van der Waals surface area contributed by atoms with E-state index in [-0.39, 0.29) is 17.7 Å². The highest BCUT2D eigenvalue weighted by atomic mass is 19.3. The van der Waals surface area contributed by atoms with Gasteiger partial charge in [0, 0.05) is 12.2 Å². The average molecular weight is 270 g/mol. The SMILES string of the molecule is O=C1NCCCCC1Nc1ccc(OC(F)F)cc1. The number of rotatable bonds is 4. The summed E-state index contributed by atoms with van der Waals surface area (Å²) < 4.78 is 28.3. The first-order valence-corrected chi connectivity index (χ1v) is 6.24. The second-order valence-electron chi connectivity index (χ2n) is 4.39. The van der Waals surface area contributed by atoms with Crippen LogP contribution in [0.4, 0.5) is 14.5 Å². The second-order valence-corrected chi connectivity index (χ2v) is 4.39. The van der Waals surface area contributed by atoms with Crippen LogP contribution in [-0.2, 0) is 4.79 Å². The van der Waals surface area contributed by atoms with Gasteiger partial charge < -0.3 is 15.4 Å². The highest BCUT2D eigenvalue weighted by molar-refractivity contribution is 5.84. The molecule has 6 heteroatoms. The molecule has 1 atom stereocenters. The van der Waals surface area contributed by atoms with Gasteiger partial charge in [0.2, 0.25) is 5.91 Å². The Hall–Kier alpha value is -1.85. The lowest BCUT2D eigenvalue weighted by molar-refractivity contribution is -0.121. The van der Waals surface area contributed by atoms with E-state index in [1.807, 2.05) is 0 Å². The van der Waals surface area contributed by atoms with Crippen molar-refractivity contribution < 1.29 is 18.3 Å². The molecule has 19 heavy (non-hydrogen) atoms. The van der Waals surface area contributed by atoms with Crippen molar-refractivity contribution in [2.45, 2.75) is 31.9 Å². The highest BCUT2D eigenvalue weighted by Crippen LogP contribution is 2.19. The average Bonchev–Trinajstić information content (AvgIpc) is 2.57. The Labute approximate surface area is 110 Å². The van der Waals surface area contributed by atoms with E-state index in [4.69, 9.17) is 0 Å². The van der Waals surface area contributed by atoms with E-state index in [9.17, 15) is 13.6 Å².